The Morgan fingerprint density at radius 1 is 0.926 bits per heavy atom. The number of allylic oxidation sites excluding steroid dienone is 2. The van der Waals surface area contributed by atoms with Crippen molar-refractivity contribution in [3.05, 3.63) is 46.5 Å². The summed E-state index contributed by atoms with van der Waals surface area (Å²) in [5.41, 5.74) is 4.68. The van der Waals surface area contributed by atoms with E-state index in [0.29, 0.717) is 35.9 Å². The van der Waals surface area contributed by atoms with Crippen LogP contribution in [0.1, 0.15) is 130 Å². The summed E-state index contributed by atoms with van der Waals surface area (Å²) in [5, 5.41) is 9.58. The van der Waals surface area contributed by atoms with E-state index in [1.54, 1.807) is 19.4 Å². The number of carbonyl (C=O) groups is 3. The second-order valence-corrected chi connectivity index (χ2v) is 20.5. The van der Waals surface area contributed by atoms with Crippen molar-refractivity contribution in [1.82, 2.24) is 9.80 Å². The maximum absolute atomic E-state index is 14.2. The normalized spacial score (nSPS) is 35.2. The number of fused-ring (bicyclic) bond motifs is 7. The second kappa shape index (κ2) is 15.4. The summed E-state index contributed by atoms with van der Waals surface area (Å²) in [6.45, 7) is 21.3. The summed E-state index contributed by atoms with van der Waals surface area (Å²) in [6.07, 6.45) is 10.5. The van der Waals surface area contributed by atoms with Gasteiger partial charge in [-0.2, -0.15) is 0 Å². The van der Waals surface area contributed by atoms with Crippen LogP contribution in [0.15, 0.2) is 35.4 Å². The zero-order chi connectivity index (χ0) is 39.4. The van der Waals surface area contributed by atoms with Gasteiger partial charge in [-0.3, -0.25) is 19.3 Å². The lowest BCUT2D eigenvalue weighted by Gasteiger charge is -2.67. The highest BCUT2D eigenvalue weighted by molar-refractivity contribution is 6.00. The number of ether oxygens (including phenoxy) is 1. The van der Waals surface area contributed by atoms with Gasteiger partial charge in [-0.25, -0.2) is 0 Å². The van der Waals surface area contributed by atoms with Crippen LogP contribution in [0.4, 0.5) is 0 Å². The molecule has 6 rings (SSSR count). The third kappa shape index (κ3) is 7.63. The van der Waals surface area contributed by atoms with Gasteiger partial charge in [0.15, 0.2) is 5.78 Å². The summed E-state index contributed by atoms with van der Waals surface area (Å²) in [7, 11) is 4.32. The van der Waals surface area contributed by atoms with Crippen molar-refractivity contribution in [1.29, 1.82) is 0 Å². The van der Waals surface area contributed by atoms with Gasteiger partial charge in [-0.1, -0.05) is 70.0 Å². The van der Waals surface area contributed by atoms with Gasteiger partial charge in [0, 0.05) is 31.5 Å². The van der Waals surface area contributed by atoms with Gasteiger partial charge < -0.3 is 14.7 Å². The fraction of sp³-hybridized carbons (Fsp3) is 0.766. The fourth-order valence-electron chi connectivity index (χ4n) is 13.1. The summed E-state index contributed by atoms with van der Waals surface area (Å²) in [4.78, 5) is 43.8. The fourth-order valence-corrected chi connectivity index (χ4v) is 13.1. The number of benzene rings is 1. The van der Waals surface area contributed by atoms with Gasteiger partial charge in [0.25, 0.3) is 0 Å². The van der Waals surface area contributed by atoms with Crippen LogP contribution in [0.2, 0.25) is 0 Å². The van der Waals surface area contributed by atoms with Crippen molar-refractivity contribution in [2.75, 3.05) is 33.7 Å². The molecule has 1 N–H and O–H groups in total. The predicted octanol–water partition coefficient (Wildman–Crippen LogP) is 9.36. The minimum atomic E-state index is -1.13. The van der Waals surface area contributed by atoms with E-state index in [4.69, 9.17) is 4.74 Å². The minimum Gasteiger partial charge on any atom is -0.481 e. The molecule has 0 bridgehead atoms. The number of aryl methyl sites for hydroxylation is 1. The van der Waals surface area contributed by atoms with Crippen molar-refractivity contribution in [2.24, 2.45) is 57.2 Å². The molecule has 300 valence electrons. The van der Waals surface area contributed by atoms with Crippen molar-refractivity contribution in [2.45, 2.75) is 139 Å². The van der Waals surface area contributed by atoms with Gasteiger partial charge >= 0.3 is 11.9 Å². The van der Waals surface area contributed by atoms with E-state index in [9.17, 15) is 19.5 Å². The molecule has 0 saturated heterocycles. The van der Waals surface area contributed by atoms with E-state index in [2.05, 4.69) is 89.7 Å². The van der Waals surface area contributed by atoms with Crippen molar-refractivity contribution < 1.29 is 24.2 Å². The molecule has 0 spiro atoms. The number of hydrogen-bond acceptors (Lipinski definition) is 6. The molecule has 9 unspecified atom stereocenters. The molecule has 0 aromatic heterocycles. The lowest BCUT2D eigenvalue weighted by molar-refractivity contribution is -0.192. The number of carboxylic acid groups (broad SMARTS) is 1. The number of ketones is 1. The van der Waals surface area contributed by atoms with Crippen molar-refractivity contribution in [3.8, 4) is 0 Å². The van der Waals surface area contributed by atoms with Crippen LogP contribution in [-0.2, 0) is 25.7 Å². The van der Waals surface area contributed by atoms with Crippen LogP contribution in [-0.4, -0.2) is 72.5 Å². The van der Waals surface area contributed by atoms with Crippen LogP contribution in [0.3, 0.4) is 0 Å². The topological polar surface area (TPSA) is 87.2 Å². The molecule has 0 radical (unpaired) electrons. The molecule has 7 nitrogen and oxygen atoms in total. The Labute approximate surface area is 327 Å². The SMILES string of the molecule is Cc1ccc(CN(CCN(C)C)CCC23CCC4C(CCC5C4(C)CCC4C(C)C(OC(=O)CC(C)(C)C(=O)O)CCC45C)C2=C(C(C)C)C(=O)C3)cc1. The smallest absolute Gasteiger partial charge is 0.309 e. The predicted molar refractivity (Wildman–Crippen MR) is 216 cm³/mol. The molecule has 1 aromatic rings. The van der Waals surface area contributed by atoms with Gasteiger partial charge in [0.1, 0.15) is 6.10 Å². The first-order chi connectivity index (χ1) is 25.3. The second-order valence-electron chi connectivity index (χ2n) is 20.5. The van der Waals surface area contributed by atoms with Gasteiger partial charge in [-0.05, 0) is 157 Å². The Bertz CT molecular complexity index is 1590. The standard InChI is InChI=1S/C47H72N2O5/c1-30(2)41-37(50)27-47(23-24-49(26-25-48(9)10)29-33-13-11-31(3)12-14-33)22-18-36-34(42(41)47)15-16-39-45(7)21-19-38(32(4)35(45)17-20-46(36,39)8)54-40(51)28-44(5,6)43(52)53/h11-14,30,32,34-36,38-39H,15-29H2,1-10H3,(H,52,53). The van der Waals surface area contributed by atoms with E-state index in [-0.39, 0.29) is 46.6 Å². The number of esters is 1. The first-order valence-electron chi connectivity index (χ1n) is 21.4. The van der Waals surface area contributed by atoms with Gasteiger partial charge in [0.05, 0.1) is 11.8 Å². The zero-order valence-electron chi connectivity index (χ0n) is 35.4. The Hall–Kier alpha value is -2.51. The summed E-state index contributed by atoms with van der Waals surface area (Å²) in [5.74, 6) is 1.75. The highest BCUT2D eigenvalue weighted by Gasteiger charge is 2.65. The summed E-state index contributed by atoms with van der Waals surface area (Å²) < 4.78 is 6.09. The Morgan fingerprint density at radius 3 is 2.22 bits per heavy atom. The number of carboxylic acids is 1. The monoisotopic (exact) mass is 745 g/mol. The molecule has 0 aliphatic heterocycles. The number of nitrogens with zero attached hydrogens (tertiary/aromatic N) is 2. The highest BCUT2D eigenvalue weighted by atomic mass is 16.5. The molecule has 4 fully saturated rings. The number of hydrogen-bond donors (Lipinski definition) is 1. The van der Waals surface area contributed by atoms with Crippen molar-refractivity contribution in [3.63, 3.8) is 0 Å². The molecule has 54 heavy (non-hydrogen) atoms. The number of likely N-dealkylation sites (N-methyl/N-ethyl adjacent to an activating group) is 1. The van der Waals surface area contributed by atoms with E-state index < -0.39 is 11.4 Å². The van der Waals surface area contributed by atoms with E-state index in [0.717, 1.165) is 58.3 Å². The molecular formula is C47H72N2O5. The average molecular weight is 745 g/mol. The molecule has 0 amide bonds. The van der Waals surface area contributed by atoms with E-state index >= 15 is 0 Å². The number of aliphatic carboxylic acids is 1. The van der Waals surface area contributed by atoms with E-state index in [1.807, 2.05) is 0 Å². The van der Waals surface area contributed by atoms with Crippen LogP contribution in [0, 0.1) is 64.1 Å². The zero-order valence-corrected chi connectivity index (χ0v) is 35.4. The average Bonchev–Trinajstić information content (AvgIpc) is 3.40. The van der Waals surface area contributed by atoms with Crippen LogP contribution < -0.4 is 0 Å². The first-order valence-corrected chi connectivity index (χ1v) is 21.4. The molecular weight excluding hydrogens is 673 g/mol. The summed E-state index contributed by atoms with van der Waals surface area (Å²) >= 11 is 0. The van der Waals surface area contributed by atoms with Crippen molar-refractivity contribution >= 4 is 17.7 Å². The highest BCUT2D eigenvalue weighted by Crippen LogP contribution is 2.72. The Morgan fingerprint density at radius 2 is 1.57 bits per heavy atom. The molecule has 0 heterocycles. The largest absolute Gasteiger partial charge is 0.481 e. The minimum absolute atomic E-state index is 0.0164. The lowest BCUT2D eigenvalue weighted by atomic mass is 9.38. The molecule has 5 aliphatic carbocycles. The maximum Gasteiger partial charge on any atom is 0.309 e. The van der Waals surface area contributed by atoms with E-state index in [1.165, 1.54) is 42.4 Å². The van der Waals surface area contributed by atoms with Crippen LogP contribution >= 0.6 is 0 Å². The number of carbonyl (C=O) groups excluding carboxylic acids is 2. The molecule has 1 aromatic carbocycles. The summed E-state index contributed by atoms with van der Waals surface area (Å²) in [6, 6.07) is 9.00. The third-order valence-electron chi connectivity index (χ3n) is 16.0. The number of Topliss-reactive ketones (excluding diaryl/α,β-unsaturated/α-hetero) is 1. The number of rotatable bonds is 13. The van der Waals surface area contributed by atoms with Crippen LogP contribution in [0.25, 0.3) is 0 Å². The Balaban J connectivity index is 1.21. The first kappa shape index (κ1) is 41.1. The third-order valence-corrected chi connectivity index (χ3v) is 16.0. The maximum atomic E-state index is 14.2. The lowest BCUT2D eigenvalue weighted by Crippen LogP contribution is -2.60. The molecule has 5 aliphatic rings. The molecule has 4 saturated carbocycles. The quantitative estimate of drug-likeness (QED) is 0.202. The Kier molecular flexibility index (Phi) is 11.8. The molecule has 9 atom stereocenters. The van der Waals surface area contributed by atoms with Gasteiger partial charge in [0.2, 0.25) is 0 Å². The van der Waals surface area contributed by atoms with Gasteiger partial charge in [-0.15, -0.1) is 0 Å². The van der Waals surface area contributed by atoms with Crippen LogP contribution in [0.5, 0.6) is 0 Å². The molecule has 7 heteroatoms.